The fraction of sp³-hybridized carbons (Fsp3) is 0.391. The molecule has 2 heterocycles. The van der Waals surface area contributed by atoms with Crippen LogP contribution in [0.5, 0.6) is 0 Å². The SMILES string of the molecule is CCC1CCCCN1Cc1nc(C(c2ccccc2)c2ccccc2)no1. The predicted molar refractivity (Wildman–Crippen MR) is 106 cm³/mol. The molecule has 4 nitrogen and oxygen atoms in total. The van der Waals surface area contributed by atoms with Crippen molar-refractivity contribution in [1.29, 1.82) is 0 Å². The summed E-state index contributed by atoms with van der Waals surface area (Å²) in [7, 11) is 0. The normalized spacial score (nSPS) is 18.1. The number of likely N-dealkylation sites (tertiary alicyclic amines) is 1. The molecule has 0 aliphatic carbocycles. The van der Waals surface area contributed by atoms with Crippen LogP contribution in [0.3, 0.4) is 0 Å². The van der Waals surface area contributed by atoms with E-state index in [9.17, 15) is 0 Å². The van der Waals surface area contributed by atoms with Crippen molar-refractivity contribution in [3.63, 3.8) is 0 Å². The fourth-order valence-electron chi connectivity index (χ4n) is 4.14. The number of rotatable bonds is 6. The van der Waals surface area contributed by atoms with E-state index in [-0.39, 0.29) is 5.92 Å². The lowest BCUT2D eigenvalue weighted by atomic mass is 9.91. The van der Waals surface area contributed by atoms with Gasteiger partial charge in [-0.15, -0.1) is 0 Å². The Morgan fingerprint density at radius 3 is 2.30 bits per heavy atom. The van der Waals surface area contributed by atoms with Gasteiger partial charge in [0.1, 0.15) is 0 Å². The summed E-state index contributed by atoms with van der Waals surface area (Å²) in [6.07, 6.45) is 5.04. The molecule has 1 aromatic heterocycles. The van der Waals surface area contributed by atoms with Gasteiger partial charge in [-0.05, 0) is 36.9 Å². The Morgan fingerprint density at radius 1 is 1.00 bits per heavy atom. The minimum atomic E-state index is -0.00627. The van der Waals surface area contributed by atoms with Crippen molar-refractivity contribution in [1.82, 2.24) is 15.0 Å². The summed E-state index contributed by atoms with van der Waals surface area (Å²) in [5.74, 6) is 1.46. The van der Waals surface area contributed by atoms with Crippen LogP contribution in [0.25, 0.3) is 0 Å². The van der Waals surface area contributed by atoms with Crippen LogP contribution in [0.2, 0.25) is 0 Å². The maximum Gasteiger partial charge on any atom is 0.240 e. The van der Waals surface area contributed by atoms with Crippen LogP contribution in [0.15, 0.2) is 65.2 Å². The molecule has 140 valence electrons. The van der Waals surface area contributed by atoms with Crippen molar-refractivity contribution < 1.29 is 4.52 Å². The molecule has 2 aromatic carbocycles. The van der Waals surface area contributed by atoms with Crippen LogP contribution in [0, 0.1) is 0 Å². The zero-order chi connectivity index (χ0) is 18.5. The molecule has 4 rings (SSSR count). The van der Waals surface area contributed by atoms with E-state index < -0.39 is 0 Å². The molecule has 1 fully saturated rings. The summed E-state index contributed by atoms with van der Waals surface area (Å²) in [5, 5.41) is 4.37. The summed E-state index contributed by atoms with van der Waals surface area (Å²) in [5.41, 5.74) is 2.36. The molecule has 0 amide bonds. The summed E-state index contributed by atoms with van der Waals surface area (Å²) >= 11 is 0. The Hall–Kier alpha value is -2.46. The molecule has 0 saturated carbocycles. The zero-order valence-corrected chi connectivity index (χ0v) is 15.9. The lowest BCUT2D eigenvalue weighted by Gasteiger charge is -2.33. The Balaban J connectivity index is 1.60. The highest BCUT2D eigenvalue weighted by atomic mass is 16.5. The molecule has 0 spiro atoms. The topological polar surface area (TPSA) is 42.2 Å². The van der Waals surface area contributed by atoms with Gasteiger partial charge in [0, 0.05) is 6.04 Å². The van der Waals surface area contributed by atoms with Crippen LogP contribution in [-0.4, -0.2) is 27.6 Å². The molecular weight excluding hydrogens is 334 g/mol. The number of nitrogens with zero attached hydrogens (tertiary/aromatic N) is 3. The third kappa shape index (κ3) is 4.11. The molecule has 3 aromatic rings. The molecule has 4 heteroatoms. The van der Waals surface area contributed by atoms with Gasteiger partial charge in [-0.2, -0.15) is 4.98 Å². The summed E-state index contributed by atoms with van der Waals surface area (Å²) < 4.78 is 5.68. The zero-order valence-electron chi connectivity index (χ0n) is 15.9. The van der Waals surface area contributed by atoms with Crippen molar-refractivity contribution in [2.45, 2.75) is 51.1 Å². The van der Waals surface area contributed by atoms with E-state index in [0.717, 1.165) is 24.8 Å². The number of benzene rings is 2. The Kier molecular flexibility index (Phi) is 5.64. The van der Waals surface area contributed by atoms with Crippen molar-refractivity contribution in [3.8, 4) is 0 Å². The van der Waals surface area contributed by atoms with E-state index in [4.69, 9.17) is 9.51 Å². The quantitative estimate of drug-likeness (QED) is 0.619. The largest absolute Gasteiger partial charge is 0.338 e. The molecule has 0 radical (unpaired) electrons. The molecule has 0 N–H and O–H groups in total. The van der Waals surface area contributed by atoms with Gasteiger partial charge in [-0.3, -0.25) is 4.90 Å². The summed E-state index contributed by atoms with van der Waals surface area (Å²) in [4.78, 5) is 7.31. The number of hydrogen-bond donors (Lipinski definition) is 0. The molecule has 27 heavy (non-hydrogen) atoms. The predicted octanol–water partition coefficient (Wildman–Crippen LogP) is 5.01. The van der Waals surface area contributed by atoms with Crippen molar-refractivity contribution in [2.75, 3.05) is 6.54 Å². The van der Waals surface area contributed by atoms with Gasteiger partial charge in [-0.25, -0.2) is 0 Å². The van der Waals surface area contributed by atoms with Crippen molar-refractivity contribution in [3.05, 3.63) is 83.5 Å². The van der Waals surface area contributed by atoms with E-state index in [1.807, 2.05) is 12.1 Å². The van der Waals surface area contributed by atoms with Crippen LogP contribution in [0.1, 0.15) is 61.4 Å². The Labute approximate surface area is 161 Å². The lowest BCUT2D eigenvalue weighted by molar-refractivity contribution is 0.120. The van der Waals surface area contributed by atoms with Gasteiger partial charge in [0.25, 0.3) is 0 Å². The fourth-order valence-corrected chi connectivity index (χ4v) is 4.14. The van der Waals surface area contributed by atoms with E-state index in [2.05, 4.69) is 65.5 Å². The molecular formula is C23H27N3O. The van der Waals surface area contributed by atoms with Crippen LogP contribution in [0.4, 0.5) is 0 Å². The van der Waals surface area contributed by atoms with Gasteiger partial charge < -0.3 is 4.52 Å². The minimum absolute atomic E-state index is 0.00627. The second-order valence-electron chi connectivity index (χ2n) is 7.33. The minimum Gasteiger partial charge on any atom is -0.338 e. The molecule has 0 bridgehead atoms. The maximum atomic E-state index is 5.68. The number of piperidine rings is 1. The van der Waals surface area contributed by atoms with E-state index >= 15 is 0 Å². The first kappa shape index (κ1) is 17.9. The second-order valence-corrected chi connectivity index (χ2v) is 7.33. The third-order valence-electron chi connectivity index (χ3n) is 5.57. The maximum absolute atomic E-state index is 5.68. The van der Waals surface area contributed by atoms with Gasteiger partial charge in [0.15, 0.2) is 5.82 Å². The highest BCUT2D eigenvalue weighted by molar-refractivity contribution is 5.37. The number of aromatic nitrogens is 2. The summed E-state index contributed by atoms with van der Waals surface area (Å²) in [6.45, 7) is 4.14. The first-order chi connectivity index (χ1) is 13.3. The molecule has 1 aliphatic rings. The first-order valence-electron chi connectivity index (χ1n) is 10.0. The monoisotopic (exact) mass is 361 g/mol. The van der Waals surface area contributed by atoms with Crippen LogP contribution >= 0.6 is 0 Å². The smallest absolute Gasteiger partial charge is 0.240 e. The highest BCUT2D eigenvalue weighted by Gasteiger charge is 2.25. The van der Waals surface area contributed by atoms with Crippen LogP contribution < -0.4 is 0 Å². The first-order valence-corrected chi connectivity index (χ1v) is 10.0. The molecule has 1 atom stereocenters. The third-order valence-corrected chi connectivity index (χ3v) is 5.57. The average Bonchev–Trinajstić information content (AvgIpc) is 3.18. The molecule has 1 unspecified atom stereocenters. The lowest BCUT2D eigenvalue weighted by Crippen LogP contribution is -2.38. The molecule has 1 aliphatic heterocycles. The van der Waals surface area contributed by atoms with Gasteiger partial charge in [0.2, 0.25) is 5.89 Å². The highest BCUT2D eigenvalue weighted by Crippen LogP contribution is 2.30. The van der Waals surface area contributed by atoms with Crippen LogP contribution in [-0.2, 0) is 6.54 Å². The summed E-state index contributed by atoms with van der Waals surface area (Å²) in [6, 6.07) is 21.5. The Bertz CT molecular complexity index is 792. The van der Waals surface area contributed by atoms with Gasteiger partial charge >= 0.3 is 0 Å². The van der Waals surface area contributed by atoms with Gasteiger partial charge in [0.05, 0.1) is 12.5 Å². The second kappa shape index (κ2) is 8.49. The van der Waals surface area contributed by atoms with E-state index in [0.29, 0.717) is 6.04 Å². The Morgan fingerprint density at radius 2 is 1.67 bits per heavy atom. The van der Waals surface area contributed by atoms with Crippen molar-refractivity contribution in [2.24, 2.45) is 0 Å². The number of hydrogen-bond acceptors (Lipinski definition) is 4. The molecule has 1 saturated heterocycles. The van der Waals surface area contributed by atoms with E-state index in [1.165, 1.54) is 36.8 Å². The van der Waals surface area contributed by atoms with Crippen molar-refractivity contribution >= 4 is 0 Å². The van der Waals surface area contributed by atoms with Gasteiger partial charge in [-0.1, -0.05) is 79.2 Å². The average molecular weight is 361 g/mol. The standard InChI is InChI=1S/C23H27N3O/c1-2-20-15-9-10-16-26(20)17-21-24-23(25-27-21)22(18-11-5-3-6-12-18)19-13-7-4-8-14-19/h3-8,11-14,20,22H,2,9-10,15-17H2,1H3. The van der Waals surface area contributed by atoms with E-state index in [1.54, 1.807) is 0 Å².